The largest absolute Gasteiger partial charge is 0.494 e. The number of anilines is 1. The van der Waals surface area contributed by atoms with Gasteiger partial charge in [0.05, 0.1) is 18.5 Å². The van der Waals surface area contributed by atoms with Crippen molar-refractivity contribution in [3.05, 3.63) is 88.8 Å². The highest BCUT2D eigenvalue weighted by molar-refractivity contribution is 6.02. The predicted molar refractivity (Wildman–Crippen MR) is 132 cm³/mol. The molecule has 0 amide bonds. The van der Waals surface area contributed by atoms with E-state index < -0.39 is 11.6 Å². The van der Waals surface area contributed by atoms with Gasteiger partial charge in [0.15, 0.2) is 17.3 Å². The minimum Gasteiger partial charge on any atom is -0.494 e. The minimum absolute atomic E-state index is 0.0311. The SMILES string of the molecule is C\C=C/C=C(Nc1ccc(C(C)=O)c(CC)c1)\C(C)=N\C=C(/C)c1ccc(OC)c(F)c1F. The highest BCUT2D eigenvalue weighted by atomic mass is 19.2. The number of hydrogen-bond donors (Lipinski definition) is 1. The van der Waals surface area contributed by atoms with E-state index in [2.05, 4.69) is 10.3 Å². The molecule has 0 aliphatic rings. The number of nitrogens with one attached hydrogen (secondary N) is 1. The highest BCUT2D eigenvalue weighted by Gasteiger charge is 2.15. The first-order valence-corrected chi connectivity index (χ1v) is 10.7. The first-order valence-electron chi connectivity index (χ1n) is 10.7. The van der Waals surface area contributed by atoms with Gasteiger partial charge >= 0.3 is 0 Å². The Morgan fingerprint density at radius 3 is 2.39 bits per heavy atom. The molecule has 6 heteroatoms. The number of halogens is 2. The van der Waals surface area contributed by atoms with Crippen molar-refractivity contribution in [2.45, 2.75) is 41.0 Å². The summed E-state index contributed by atoms with van der Waals surface area (Å²) in [5.74, 6) is -2.12. The molecule has 4 nitrogen and oxygen atoms in total. The Morgan fingerprint density at radius 2 is 1.79 bits per heavy atom. The van der Waals surface area contributed by atoms with E-state index in [0.717, 1.165) is 23.4 Å². The van der Waals surface area contributed by atoms with Crippen molar-refractivity contribution in [1.82, 2.24) is 0 Å². The van der Waals surface area contributed by atoms with Crippen LogP contribution >= 0.6 is 0 Å². The number of hydrogen-bond acceptors (Lipinski definition) is 4. The number of nitrogens with zero attached hydrogens (tertiary/aromatic N) is 1. The highest BCUT2D eigenvalue weighted by Crippen LogP contribution is 2.27. The zero-order valence-electron chi connectivity index (χ0n) is 19.9. The lowest BCUT2D eigenvalue weighted by Crippen LogP contribution is -2.09. The molecule has 0 heterocycles. The smallest absolute Gasteiger partial charge is 0.201 e. The van der Waals surface area contributed by atoms with Crippen LogP contribution in [0.25, 0.3) is 5.57 Å². The average molecular weight is 453 g/mol. The van der Waals surface area contributed by atoms with E-state index in [1.165, 1.54) is 25.4 Å². The van der Waals surface area contributed by atoms with Gasteiger partial charge in [0, 0.05) is 23.0 Å². The number of aliphatic imine (C=N–C) groups is 1. The molecule has 2 rings (SSSR count). The lowest BCUT2D eigenvalue weighted by Gasteiger charge is -2.13. The molecule has 0 radical (unpaired) electrons. The van der Waals surface area contributed by atoms with Crippen molar-refractivity contribution in [2.24, 2.45) is 4.99 Å². The van der Waals surface area contributed by atoms with E-state index in [-0.39, 0.29) is 17.1 Å². The van der Waals surface area contributed by atoms with Gasteiger partial charge in [0.1, 0.15) is 0 Å². The van der Waals surface area contributed by atoms with E-state index in [1.54, 1.807) is 13.8 Å². The summed E-state index contributed by atoms with van der Waals surface area (Å²) in [6.07, 6.45) is 7.88. The Balaban J connectivity index is 2.37. The zero-order chi connectivity index (χ0) is 24.5. The quantitative estimate of drug-likeness (QED) is 0.250. The molecule has 174 valence electrons. The van der Waals surface area contributed by atoms with Crippen LogP contribution in [0.5, 0.6) is 5.75 Å². The van der Waals surface area contributed by atoms with Gasteiger partial charge < -0.3 is 10.1 Å². The number of carbonyl (C=O) groups is 1. The van der Waals surface area contributed by atoms with Crippen LogP contribution in [0.3, 0.4) is 0 Å². The maximum Gasteiger partial charge on any atom is 0.201 e. The maximum atomic E-state index is 14.4. The fourth-order valence-corrected chi connectivity index (χ4v) is 3.23. The van der Waals surface area contributed by atoms with Crippen LogP contribution in [0.2, 0.25) is 0 Å². The number of methoxy groups -OCH3 is 1. The van der Waals surface area contributed by atoms with Crippen LogP contribution in [0.15, 0.2) is 65.4 Å². The molecular weight excluding hydrogens is 422 g/mol. The van der Waals surface area contributed by atoms with Gasteiger partial charge in [0.2, 0.25) is 5.82 Å². The normalized spacial score (nSPS) is 12.9. The minimum atomic E-state index is -1.03. The average Bonchev–Trinajstić information content (AvgIpc) is 2.81. The molecule has 0 aliphatic carbocycles. The van der Waals surface area contributed by atoms with Crippen molar-refractivity contribution in [3.63, 3.8) is 0 Å². The van der Waals surface area contributed by atoms with Gasteiger partial charge in [-0.2, -0.15) is 4.39 Å². The van der Waals surface area contributed by atoms with E-state index in [9.17, 15) is 13.6 Å². The molecule has 0 saturated heterocycles. The molecule has 0 aromatic heterocycles. The van der Waals surface area contributed by atoms with E-state index in [4.69, 9.17) is 4.74 Å². The molecule has 0 unspecified atom stereocenters. The molecule has 33 heavy (non-hydrogen) atoms. The Hall–Kier alpha value is -3.54. The summed E-state index contributed by atoms with van der Waals surface area (Å²) in [7, 11) is 1.29. The van der Waals surface area contributed by atoms with Crippen LogP contribution in [0, 0.1) is 11.6 Å². The molecule has 0 bridgehead atoms. The van der Waals surface area contributed by atoms with Crippen molar-refractivity contribution in [2.75, 3.05) is 12.4 Å². The standard InChI is InChI=1S/C27H30F2N2O2/c1-7-9-10-24(31-21-11-12-23(19(5)32)20(8-2)15-21)18(4)30-16-17(3)22-13-14-25(33-6)27(29)26(22)28/h7,9-16,31H,8H2,1-6H3/b9-7-,17-16+,24-10+,30-18+. The molecular formula is C27H30F2N2O2. The third-order valence-corrected chi connectivity index (χ3v) is 5.13. The van der Waals surface area contributed by atoms with Crippen LogP contribution in [0.4, 0.5) is 14.5 Å². The van der Waals surface area contributed by atoms with E-state index in [1.807, 2.05) is 57.2 Å². The van der Waals surface area contributed by atoms with Gasteiger partial charge in [-0.05, 0) is 81.7 Å². The summed E-state index contributed by atoms with van der Waals surface area (Å²) < 4.78 is 33.3. The number of ketones is 1. The lowest BCUT2D eigenvalue weighted by atomic mass is 10.0. The maximum absolute atomic E-state index is 14.4. The summed E-state index contributed by atoms with van der Waals surface area (Å²) in [6.45, 7) is 8.95. The summed E-state index contributed by atoms with van der Waals surface area (Å²) in [6, 6.07) is 8.46. The fraction of sp³-hybridized carbons (Fsp3) is 0.259. The Labute approximate surface area is 194 Å². The predicted octanol–water partition coefficient (Wildman–Crippen LogP) is 7.13. The first-order chi connectivity index (χ1) is 15.7. The molecule has 2 aromatic carbocycles. The second kappa shape index (κ2) is 11.9. The second-order valence-electron chi connectivity index (χ2n) is 7.48. The molecule has 0 spiro atoms. The fourth-order valence-electron chi connectivity index (χ4n) is 3.23. The first kappa shape index (κ1) is 25.7. The van der Waals surface area contributed by atoms with Crippen LogP contribution in [0.1, 0.15) is 56.1 Å². The number of aryl methyl sites for hydroxylation is 1. The van der Waals surface area contributed by atoms with Gasteiger partial charge in [-0.25, -0.2) is 4.39 Å². The molecule has 2 aromatic rings. The van der Waals surface area contributed by atoms with Crippen molar-refractivity contribution < 1.29 is 18.3 Å². The number of Topliss-reactive ketones (excluding diaryl/α,β-unsaturated/α-hetero) is 1. The van der Waals surface area contributed by atoms with Crippen molar-refractivity contribution in [1.29, 1.82) is 0 Å². The number of benzene rings is 2. The van der Waals surface area contributed by atoms with Gasteiger partial charge in [-0.15, -0.1) is 0 Å². The second-order valence-corrected chi connectivity index (χ2v) is 7.48. The monoisotopic (exact) mass is 452 g/mol. The van der Waals surface area contributed by atoms with E-state index in [0.29, 0.717) is 16.8 Å². The summed E-state index contributed by atoms with van der Waals surface area (Å²) >= 11 is 0. The third kappa shape index (κ3) is 6.48. The number of rotatable bonds is 9. The zero-order valence-corrected chi connectivity index (χ0v) is 19.9. The molecule has 0 aliphatic heterocycles. The van der Waals surface area contributed by atoms with Crippen LogP contribution in [-0.4, -0.2) is 18.6 Å². The number of carbonyl (C=O) groups excluding carboxylic acids is 1. The molecule has 0 saturated carbocycles. The van der Waals surface area contributed by atoms with Crippen molar-refractivity contribution >= 4 is 22.8 Å². The summed E-state index contributed by atoms with van der Waals surface area (Å²) in [5, 5.41) is 3.34. The number of ether oxygens (including phenoxy) is 1. The Kier molecular flexibility index (Phi) is 9.28. The van der Waals surface area contributed by atoms with Gasteiger partial charge in [-0.1, -0.05) is 19.1 Å². The topological polar surface area (TPSA) is 50.7 Å². The third-order valence-electron chi connectivity index (χ3n) is 5.13. The van der Waals surface area contributed by atoms with Gasteiger partial charge in [0.25, 0.3) is 0 Å². The Morgan fingerprint density at radius 1 is 1.09 bits per heavy atom. The summed E-state index contributed by atoms with van der Waals surface area (Å²) in [5.41, 5.74) is 4.46. The van der Waals surface area contributed by atoms with Crippen molar-refractivity contribution in [3.8, 4) is 5.75 Å². The Bertz CT molecular complexity index is 1150. The molecule has 0 fully saturated rings. The number of allylic oxidation sites excluding steroid dienone is 5. The van der Waals surface area contributed by atoms with Gasteiger partial charge in [-0.3, -0.25) is 9.79 Å². The molecule has 1 N–H and O–H groups in total. The van der Waals surface area contributed by atoms with Crippen LogP contribution in [-0.2, 0) is 6.42 Å². The summed E-state index contributed by atoms with van der Waals surface area (Å²) in [4.78, 5) is 16.3. The molecule has 0 atom stereocenters. The lowest BCUT2D eigenvalue weighted by molar-refractivity contribution is 0.101. The van der Waals surface area contributed by atoms with Crippen LogP contribution < -0.4 is 10.1 Å². The van der Waals surface area contributed by atoms with E-state index >= 15 is 0 Å².